The Morgan fingerprint density at radius 2 is 2.15 bits per heavy atom. The summed E-state index contributed by atoms with van der Waals surface area (Å²) in [7, 11) is 1.97. The summed E-state index contributed by atoms with van der Waals surface area (Å²) in [5, 5.41) is 6.56. The van der Waals surface area contributed by atoms with Gasteiger partial charge in [0.05, 0.1) is 0 Å². The molecule has 0 aliphatic rings. The number of rotatable bonds is 4. The van der Waals surface area contributed by atoms with Gasteiger partial charge < -0.3 is 10.6 Å². The maximum atomic E-state index is 3.37. The summed E-state index contributed by atoms with van der Waals surface area (Å²) in [6.07, 6.45) is 0. The number of likely N-dealkylation sites (N-methyl/N-ethyl adjacent to an activating group) is 1. The van der Waals surface area contributed by atoms with Crippen molar-refractivity contribution in [1.82, 2.24) is 5.32 Å². The summed E-state index contributed by atoms with van der Waals surface area (Å²) in [6.45, 7) is 5.22. The minimum Gasteiger partial charge on any atom is -0.383 e. The molecule has 1 atom stereocenters. The molecule has 1 unspecified atom stereocenters. The van der Waals surface area contributed by atoms with Gasteiger partial charge in [-0.25, -0.2) is 0 Å². The van der Waals surface area contributed by atoms with Crippen molar-refractivity contribution in [3.63, 3.8) is 0 Å². The molecule has 2 N–H and O–H groups in total. The van der Waals surface area contributed by atoms with E-state index in [9.17, 15) is 0 Å². The summed E-state index contributed by atoms with van der Waals surface area (Å²) < 4.78 is 0. The summed E-state index contributed by atoms with van der Waals surface area (Å²) >= 11 is 0. The van der Waals surface area contributed by atoms with E-state index in [0.29, 0.717) is 6.04 Å². The van der Waals surface area contributed by atoms with Crippen molar-refractivity contribution >= 4 is 5.69 Å². The van der Waals surface area contributed by atoms with Crippen LogP contribution in [0.1, 0.15) is 12.5 Å². The smallest absolute Gasteiger partial charge is 0.0343 e. The van der Waals surface area contributed by atoms with Gasteiger partial charge in [-0.05, 0) is 38.6 Å². The van der Waals surface area contributed by atoms with Gasteiger partial charge >= 0.3 is 0 Å². The van der Waals surface area contributed by atoms with Gasteiger partial charge in [0.15, 0.2) is 0 Å². The number of nitrogens with one attached hydrogen (secondary N) is 2. The van der Waals surface area contributed by atoms with Crippen LogP contribution in [0.5, 0.6) is 0 Å². The van der Waals surface area contributed by atoms with Crippen molar-refractivity contribution in [3.8, 4) is 0 Å². The molecule has 0 aliphatic carbocycles. The van der Waals surface area contributed by atoms with Crippen LogP contribution >= 0.6 is 0 Å². The SMILES string of the molecule is CNC(C)CNc1cccc(C)c1. The molecule has 1 aromatic carbocycles. The molecule has 0 saturated heterocycles. The maximum absolute atomic E-state index is 3.37. The zero-order valence-electron chi connectivity index (χ0n) is 8.59. The Labute approximate surface area is 80.4 Å². The molecule has 0 aromatic heterocycles. The van der Waals surface area contributed by atoms with Crippen molar-refractivity contribution in [2.24, 2.45) is 0 Å². The molecule has 0 aliphatic heterocycles. The van der Waals surface area contributed by atoms with E-state index in [0.717, 1.165) is 6.54 Å². The molecule has 0 fully saturated rings. The first-order valence-electron chi connectivity index (χ1n) is 4.70. The van der Waals surface area contributed by atoms with E-state index >= 15 is 0 Å². The second-order valence-electron chi connectivity index (χ2n) is 3.44. The highest BCUT2D eigenvalue weighted by Gasteiger charge is 1.96. The summed E-state index contributed by atoms with van der Waals surface area (Å²) in [5.41, 5.74) is 2.49. The van der Waals surface area contributed by atoms with E-state index in [2.05, 4.69) is 48.7 Å². The van der Waals surface area contributed by atoms with Gasteiger partial charge in [0.2, 0.25) is 0 Å². The monoisotopic (exact) mass is 178 g/mol. The molecule has 1 rings (SSSR count). The largest absolute Gasteiger partial charge is 0.383 e. The topological polar surface area (TPSA) is 24.1 Å². The standard InChI is InChI=1S/C11H18N2/c1-9-5-4-6-11(7-9)13-8-10(2)12-3/h4-7,10,12-13H,8H2,1-3H3. The van der Waals surface area contributed by atoms with E-state index in [1.807, 2.05) is 7.05 Å². The molecule has 0 radical (unpaired) electrons. The van der Waals surface area contributed by atoms with Gasteiger partial charge in [0, 0.05) is 18.3 Å². The Kier molecular flexibility index (Phi) is 3.77. The first-order valence-corrected chi connectivity index (χ1v) is 4.70. The molecule has 0 heterocycles. The van der Waals surface area contributed by atoms with Gasteiger partial charge in [-0.3, -0.25) is 0 Å². The van der Waals surface area contributed by atoms with Crippen LogP contribution in [-0.2, 0) is 0 Å². The van der Waals surface area contributed by atoms with Crippen molar-refractivity contribution in [2.75, 3.05) is 18.9 Å². The molecular formula is C11H18N2. The molecule has 13 heavy (non-hydrogen) atoms. The zero-order chi connectivity index (χ0) is 9.68. The maximum Gasteiger partial charge on any atom is 0.0343 e. The highest BCUT2D eigenvalue weighted by atomic mass is 15.0. The molecule has 0 amide bonds. The third-order valence-corrected chi connectivity index (χ3v) is 2.12. The Morgan fingerprint density at radius 3 is 2.77 bits per heavy atom. The van der Waals surface area contributed by atoms with Crippen LogP contribution in [-0.4, -0.2) is 19.6 Å². The quantitative estimate of drug-likeness (QED) is 0.737. The van der Waals surface area contributed by atoms with E-state index in [-0.39, 0.29) is 0 Å². The van der Waals surface area contributed by atoms with Crippen LogP contribution in [0.25, 0.3) is 0 Å². The third-order valence-electron chi connectivity index (χ3n) is 2.12. The number of aryl methyl sites for hydroxylation is 1. The number of hydrogen-bond donors (Lipinski definition) is 2. The molecule has 1 aromatic rings. The van der Waals surface area contributed by atoms with Crippen LogP contribution in [0.15, 0.2) is 24.3 Å². The van der Waals surface area contributed by atoms with Crippen LogP contribution < -0.4 is 10.6 Å². The van der Waals surface area contributed by atoms with Gasteiger partial charge in [-0.1, -0.05) is 12.1 Å². The van der Waals surface area contributed by atoms with E-state index in [1.165, 1.54) is 11.3 Å². The average molecular weight is 178 g/mol. The Balaban J connectivity index is 2.45. The molecule has 0 spiro atoms. The minimum atomic E-state index is 0.500. The Bertz CT molecular complexity index is 258. The Morgan fingerprint density at radius 1 is 1.38 bits per heavy atom. The zero-order valence-corrected chi connectivity index (χ0v) is 8.59. The molecular weight excluding hydrogens is 160 g/mol. The van der Waals surface area contributed by atoms with Crippen molar-refractivity contribution in [2.45, 2.75) is 19.9 Å². The lowest BCUT2D eigenvalue weighted by Gasteiger charge is -2.12. The van der Waals surface area contributed by atoms with E-state index < -0.39 is 0 Å². The van der Waals surface area contributed by atoms with Crippen molar-refractivity contribution in [1.29, 1.82) is 0 Å². The van der Waals surface area contributed by atoms with Crippen LogP contribution in [0.4, 0.5) is 5.69 Å². The van der Waals surface area contributed by atoms with Crippen LogP contribution in [0.2, 0.25) is 0 Å². The molecule has 0 saturated carbocycles. The van der Waals surface area contributed by atoms with Crippen molar-refractivity contribution < 1.29 is 0 Å². The van der Waals surface area contributed by atoms with Gasteiger partial charge in [-0.15, -0.1) is 0 Å². The van der Waals surface area contributed by atoms with E-state index in [4.69, 9.17) is 0 Å². The molecule has 2 heteroatoms. The Hall–Kier alpha value is -1.02. The van der Waals surface area contributed by atoms with Crippen LogP contribution in [0, 0.1) is 6.92 Å². The van der Waals surface area contributed by atoms with E-state index in [1.54, 1.807) is 0 Å². The lowest BCUT2D eigenvalue weighted by molar-refractivity contribution is 0.638. The number of hydrogen-bond acceptors (Lipinski definition) is 2. The van der Waals surface area contributed by atoms with Crippen LogP contribution in [0.3, 0.4) is 0 Å². The summed E-state index contributed by atoms with van der Waals surface area (Å²) in [4.78, 5) is 0. The lowest BCUT2D eigenvalue weighted by Crippen LogP contribution is -2.29. The molecule has 0 bridgehead atoms. The van der Waals surface area contributed by atoms with Gasteiger partial charge in [-0.2, -0.15) is 0 Å². The fourth-order valence-corrected chi connectivity index (χ4v) is 1.13. The highest BCUT2D eigenvalue weighted by Crippen LogP contribution is 2.08. The fourth-order valence-electron chi connectivity index (χ4n) is 1.13. The predicted molar refractivity (Wildman–Crippen MR) is 58.2 cm³/mol. The normalized spacial score (nSPS) is 12.5. The fraction of sp³-hybridized carbons (Fsp3) is 0.455. The molecule has 2 nitrogen and oxygen atoms in total. The van der Waals surface area contributed by atoms with Gasteiger partial charge in [0.25, 0.3) is 0 Å². The molecule has 72 valence electrons. The first-order chi connectivity index (χ1) is 6.22. The predicted octanol–water partition coefficient (Wildman–Crippen LogP) is 2.01. The average Bonchev–Trinajstić information content (AvgIpc) is 2.14. The minimum absolute atomic E-state index is 0.500. The highest BCUT2D eigenvalue weighted by molar-refractivity contribution is 5.45. The second kappa shape index (κ2) is 4.87. The summed E-state index contributed by atoms with van der Waals surface area (Å²) in [5.74, 6) is 0. The second-order valence-corrected chi connectivity index (χ2v) is 3.44. The number of benzene rings is 1. The third kappa shape index (κ3) is 3.47. The first kappa shape index (κ1) is 10.1. The van der Waals surface area contributed by atoms with Gasteiger partial charge in [0.1, 0.15) is 0 Å². The number of anilines is 1. The summed E-state index contributed by atoms with van der Waals surface area (Å²) in [6, 6.07) is 8.92. The van der Waals surface area contributed by atoms with Crippen molar-refractivity contribution in [3.05, 3.63) is 29.8 Å². The lowest BCUT2D eigenvalue weighted by atomic mass is 10.2.